The van der Waals surface area contributed by atoms with Gasteiger partial charge in [-0.1, -0.05) is 0 Å². The van der Waals surface area contributed by atoms with E-state index in [0.717, 1.165) is 5.82 Å². The Balaban J connectivity index is 2.84. The van der Waals surface area contributed by atoms with Gasteiger partial charge in [-0.25, -0.2) is 0 Å². The van der Waals surface area contributed by atoms with Crippen LogP contribution in [-0.4, -0.2) is 9.78 Å². The van der Waals surface area contributed by atoms with Gasteiger partial charge in [-0.05, 0) is 0 Å². The molecule has 0 saturated carbocycles. The van der Waals surface area contributed by atoms with Crippen molar-refractivity contribution in [2.24, 2.45) is 7.05 Å². The number of anilines is 1. The van der Waals surface area contributed by atoms with E-state index in [9.17, 15) is 0 Å². The van der Waals surface area contributed by atoms with Gasteiger partial charge in [0, 0.05) is 19.3 Å². The first-order chi connectivity index (χ1) is 3.83. The van der Waals surface area contributed by atoms with Crippen molar-refractivity contribution >= 4 is 28.7 Å². The summed E-state index contributed by atoms with van der Waals surface area (Å²) in [7, 11) is 1.89. The maximum absolute atomic E-state index is 4.03. The number of hydrogen-bond acceptors (Lipinski definition) is 2. The largest absolute Gasteiger partial charge is 0.312 e. The molecular weight excluding hydrogens is 217 g/mol. The van der Waals surface area contributed by atoms with E-state index in [1.54, 1.807) is 4.68 Å². The highest BCUT2D eigenvalue weighted by Gasteiger charge is 1.88. The van der Waals surface area contributed by atoms with Crippen molar-refractivity contribution in [3.05, 3.63) is 12.3 Å². The number of rotatable bonds is 1. The van der Waals surface area contributed by atoms with Gasteiger partial charge in [0.15, 0.2) is 5.82 Å². The molecule has 0 saturated heterocycles. The zero-order valence-electron chi connectivity index (χ0n) is 4.43. The highest BCUT2D eigenvalue weighted by molar-refractivity contribution is 14.1. The van der Waals surface area contributed by atoms with Gasteiger partial charge in [-0.3, -0.25) is 4.68 Å². The smallest absolute Gasteiger partial charge is 0.156 e. The number of aryl methyl sites for hydroxylation is 1. The van der Waals surface area contributed by atoms with Crippen LogP contribution in [0.2, 0.25) is 0 Å². The minimum absolute atomic E-state index is 0.896. The second kappa shape index (κ2) is 2.34. The van der Waals surface area contributed by atoms with Crippen LogP contribution in [0.5, 0.6) is 0 Å². The maximum Gasteiger partial charge on any atom is 0.156 e. The third kappa shape index (κ3) is 1.12. The summed E-state index contributed by atoms with van der Waals surface area (Å²) in [6.07, 6.45) is 1.89. The second-order valence-electron chi connectivity index (χ2n) is 1.47. The molecule has 0 spiro atoms. The lowest BCUT2D eigenvalue weighted by atomic mass is 10.7. The Morgan fingerprint density at radius 2 is 2.62 bits per heavy atom. The highest BCUT2D eigenvalue weighted by Crippen LogP contribution is 2.01. The first kappa shape index (κ1) is 5.87. The Hall–Kier alpha value is -0.260. The van der Waals surface area contributed by atoms with Crippen LogP contribution in [0.4, 0.5) is 5.82 Å². The monoisotopic (exact) mass is 223 g/mol. The van der Waals surface area contributed by atoms with Crippen LogP contribution in [0.15, 0.2) is 12.3 Å². The average molecular weight is 223 g/mol. The van der Waals surface area contributed by atoms with E-state index in [-0.39, 0.29) is 0 Å². The van der Waals surface area contributed by atoms with E-state index in [2.05, 4.69) is 8.63 Å². The molecule has 8 heavy (non-hydrogen) atoms. The molecular formula is C4H6IN3. The number of hydrogen-bond donors (Lipinski definition) is 1. The molecule has 4 heteroatoms. The molecule has 0 unspecified atom stereocenters. The zero-order chi connectivity index (χ0) is 5.98. The molecule has 0 atom stereocenters. The standard InChI is InChI=1S/C4H6IN3/c1-8-3-2-4(6-5)7-8/h2-3H,1H3,(H,6,7). The van der Waals surface area contributed by atoms with E-state index in [4.69, 9.17) is 0 Å². The molecule has 0 amide bonds. The van der Waals surface area contributed by atoms with Crippen LogP contribution >= 0.6 is 22.9 Å². The number of halogens is 1. The molecule has 1 N–H and O–H groups in total. The Morgan fingerprint density at radius 3 is 2.88 bits per heavy atom. The maximum atomic E-state index is 4.03. The van der Waals surface area contributed by atoms with Crippen molar-refractivity contribution in [2.45, 2.75) is 0 Å². The lowest BCUT2D eigenvalue weighted by Gasteiger charge is -1.85. The number of aromatic nitrogens is 2. The van der Waals surface area contributed by atoms with Crippen molar-refractivity contribution < 1.29 is 0 Å². The van der Waals surface area contributed by atoms with E-state index < -0.39 is 0 Å². The zero-order valence-corrected chi connectivity index (χ0v) is 6.58. The van der Waals surface area contributed by atoms with E-state index in [1.807, 2.05) is 42.2 Å². The Morgan fingerprint density at radius 1 is 1.88 bits per heavy atom. The summed E-state index contributed by atoms with van der Waals surface area (Å²) in [6.45, 7) is 0. The van der Waals surface area contributed by atoms with Gasteiger partial charge in [0.2, 0.25) is 0 Å². The van der Waals surface area contributed by atoms with Crippen LogP contribution in [0.1, 0.15) is 0 Å². The summed E-state index contributed by atoms with van der Waals surface area (Å²) in [5, 5.41) is 4.03. The fourth-order valence-electron chi connectivity index (χ4n) is 0.465. The van der Waals surface area contributed by atoms with Gasteiger partial charge in [-0.2, -0.15) is 5.10 Å². The summed E-state index contributed by atoms with van der Waals surface area (Å²) in [5.41, 5.74) is 0. The minimum Gasteiger partial charge on any atom is -0.312 e. The van der Waals surface area contributed by atoms with Gasteiger partial charge in [0.25, 0.3) is 0 Å². The SMILES string of the molecule is Cn1ccc(NI)n1. The van der Waals surface area contributed by atoms with Crippen LogP contribution in [0.3, 0.4) is 0 Å². The van der Waals surface area contributed by atoms with Gasteiger partial charge in [-0.15, -0.1) is 0 Å². The van der Waals surface area contributed by atoms with Gasteiger partial charge < -0.3 is 3.53 Å². The van der Waals surface area contributed by atoms with Crippen LogP contribution in [0.25, 0.3) is 0 Å². The summed E-state index contributed by atoms with van der Waals surface area (Å²) in [6, 6.07) is 1.91. The topological polar surface area (TPSA) is 29.9 Å². The molecule has 0 fully saturated rings. The first-order valence-corrected chi connectivity index (χ1v) is 3.27. The Bertz CT molecular complexity index is 172. The third-order valence-electron chi connectivity index (χ3n) is 0.810. The fraction of sp³-hybridized carbons (Fsp3) is 0.250. The molecule has 0 aromatic carbocycles. The molecule has 1 aromatic rings. The second-order valence-corrected chi connectivity index (χ2v) is 2.01. The van der Waals surface area contributed by atoms with Crippen molar-refractivity contribution in [2.75, 3.05) is 3.53 Å². The number of nitrogens with zero attached hydrogens (tertiary/aromatic N) is 2. The normalized spacial score (nSPS) is 9.25. The lowest BCUT2D eigenvalue weighted by molar-refractivity contribution is 0.772. The molecule has 0 aliphatic heterocycles. The minimum atomic E-state index is 0.896. The molecule has 3 nitrogen and oxygen atoms in total. The molecule has 0 bridgehead atoms. The fourth-order valence-corrected chi connectivity index (χ4v) is 0.753. The first-order valence-electron chi connectivity index (χ1n) is 2.19. The predicted octanol–water partition coefficient (Wildman–Crippen LogP) is 1.18. The van der Waals surface area contributed by atoms with Crippen molar-refractivity contribution in [1.82, 2.24) is 9.78 Å². The average Bonchev–Trinajstić information content (AvgIpc) is 2.14. The van der Waals surface area contributed by atoms with Crippen molar-refractivity contribution in [3.8, 4) is 0 Å². The summed E-state index contributed by atoms with van der Waals surface area (Å²) in [4.78, 5) is 0. The lowest BCUT2D eigenvalue weighted by Crippen LogP contribution is -1.87. The Labute approximate surface area is 61.6 Å². The van der Waals surface area contributed by atoms with E-state index in [1.165, 1.54) is 0 Å². The van der Waals surface area contributed by atoms with Gasteiger partial charge >= 0.3 is 0 Å². The molecule has 0 aliphatic rings. The summed E-state index contributed by atoms with van der Waals surface area (Å²) < 4.78 is 4.64. The van der Waals surface area contributed by atoms with Crippen molar-refractivity contribution in [3.63, 3.8) is 0 Å². The van der Waals surface area contributed by atoms with Gasteiger partial charge in [0.1, 0.15) is 0 Å². The molecule has 1 heterocycles. The van der Waals surface area contributed by atoms with Crippen LogP contribution < -0.4 is 3.53 Å². The molecule has 1 rings (SSSR count). The van der Waals surface area contributed by atoms with Crippen LogP contribution in [-0.2, 0) is 7.05 Å². The molecule has 0 radical (unpaired) electrons. The quantitative estimate of drug-likeness (QED) is 0.572. The third-order valence-corrected chi connectivity index (χ3v) is 1.36. The van der Waals surface area contributed by atoms with E-state index >= 15 is 0 Å². The number of nitrogens with one attached hydrogen (secondary N) is 1. The van der Waals surface area contributed by atoms with E-state index in [0.29, 0.717) is 0 Å². The molecule has 1 aromatic heterocycles. The highest BCUT2D eigenvalue weighted by atomic mass is 127. The van der Waals surface area contributed by atoms with Crippen LogP contribution in [0, 0.1) is 0 Å². The Kier molecular flexibility index (Phi) is 1.72. The van der Waals surface area contributed by atoms with Crippen molar-refractivity contribution in [1.29, 1.82) is 0 Å². The molecule has 44 valence electrons. The molecule has 0 aliphatic carbocycles. The summed E-state index contributed by atoms with van der Waals surface area (Å²) >= 11 is 2.04. The summed E-state index contributed by atoms with van der Waals surface area (Å²) in [5.74, 6) is 0.896. The van der Waals surface area contributed by atoms with Gasteiger partial charge in [0.05, 0.1) is 22.9 Å². The predicted molar refractivity (Wildman–Crippen MR) is 40.9 cm³/mol.